The van der Waals surface area contributed by atoms with Crippen LogP contribution in [0, 0.1) is 0 Å². The Morgan fingerprint density at radius 3 is 2.57 bits per heavy atom. The van der Waals surface area contributed by atoms with Gasteiger partial charge in [0, 0.05) is 17.4 Å². The molecule has 3 aromatic rings. The van der Waals surface area contributed by atoms with E-state index in [0.717, 1.165) is 10.0 Å². The van der Waals surface area contributed by atoms with Gasteiger partial charge < -0.3 is 4.98 Å². The number of hydrogen-bond acceptors (Lipinski definition) is 3. The van der Waals surface area contributed by atoms with E-state index >= 15 is 0 Å². The van der Waals surface area contributed by atoms with Crippen LogP contribution < -0.4 is 11.2 Å². The van der Waals surface area contributed by atoms with E-state index in [1.54, 1.807) is 0 Å². The first-order valence-electron chi connectivity index (χ1n) is 6.54. The molecule has 6 nitrogen and oxygen atoms in total. The molecule has 2 heterocycles. The molecule has 0 amide bonds. The minimum absolute atomic E-state index is 0.337. The van der Waals surface area contributed by atoms with Crippen LogP contribution in [-0.2, 0) is 13.0 Å². The molecule has 0 fully saturated rings. The normalized spacial score (nSPS) is 11.1. The molecule has 108 valence electrons. The summed E-state index contributed by atoms with van der Waals surface area (Å²) in [6, 6.07) is 7.86. The zero-order valence-corrected chi connectivity index (χ0v) is 12.9. The Morgan fingerprint density at radius 2 is 1.90 bits per heavy atom. The Labute approximate surface area is 128 Å². The molecular weight excluding hydrogens is 336 g/mol. The topological polar surface area (TPSA) is 83.5 Å². The van der Waals surface area contributed by atoms with Crippen molar-refractivity contribution in [2.45, 2.75) is 19.9 Å². The lowest BCUT2D eigenvalue weighted by molar-refractivity contribution is 0.719. The molecule has 0 radical (unpaired) electrons. The van der Waals surface area contributed by atoms with Crippen LogP contribution in [-0.4, -0.2) is 19.5 Å². The van der Waals surface area contributed by atoms with Crippen LogP contribution in [0.1, 0.15) is 18.3 Å². The van der Waals surface area contributed by atoms with Gasteiger partial charge in [0.1, 0.15) is 11.3 Å². The molecule has 0 unspecified atom stereocenters. The molecule has 2 aromatic heterocycles. The second-order valence-corrected chi connectivity index (χ2v) is 5.60. The zero-order valence-electron chi connectivity index (χ0n) is 11.3. The quantitative estimate of drug-likeness (QED) is 0.756. The van der Waals surface area contributed by atoms with Crippen LogP contribution in [0.5, 0.6) is 0 Å². The van der Waals surface area contributed by atoms with Gasteiger partial charge in [0.15, 0.2) is 5.65 Å². The SMILES string of the molecule is CCn1c(=O)[nH]c(=O)c2[nH]c(Cc3ccc(Br)cc3)nc21. The first-order valence-corrected chi connectivity index (χ1v) is 7.34. The number of benzene rings is 1. The van der Waals surface area contributed by atoms with E-state index < -0.39 is 11.2 Å². The minimum atomic E-state index is -0.436. The van der Waals surface area contributed by atoms with Gasteiger partial charge in [0.05, 0.1) is 0 Å². The van der Waals surface area contributed by atoms with Crippen molar-refractivity contribution in [3.8, 4) is 0 Å². The summed E-state index contributed by atoms with van der Waals surface area (Å²) in [5, 5.41) is 0. The van der Waals surface area contributed by atoms with Gasteiger partial charge in [-0.05, 0) is 24.6 Å². The molecule has 0 atom stereocenters. The molecule has 21 heavy (non-hydrogen) atoms. The average molecular weight is 349 g/mol. The highest BCUT2D eigenvalue weighted by Crippen LogP contribution is 2.14. The van der Waals surface area contributed by atoms with Gasteiger partial charge in [-0.25, -0.2) is 9.78 Å². The minimum Gasteiger partial charge on any atom is -0.336 e. The average Bonchev–Trinajstić information content (AvgIpc) is 2.86. The summed E-state index contributed by atoms with van der Waals surface area (Å²) >= 11 is 3.39. The Kier molecular flexibility index (Phi) is 3.50. The second kappa shape index (κ2) is 5.33. The number of imidazole rings is 1. The highest BCUT2D eigenvalue weighted by atomic mass is 79.9. The van der Waals surface area contributed by atoms with Gasteiger partial charge in [-0.2, -0.15) is 0 Å². The molecular formula is C14H13BrN4O2. The predicted molar refractivity (Wildman–Crippen MR) is 83.6 cm³/mol. The van der Waals surface area contributed by atoms with Crippen molar-refractivity contribution in [1.82, 2.24) is 19.5 Å². The molecule has 0 saturated heterocycles. The van der Waals surface area contributed by atoms with Crippen molar-refractivity contribution in [3.63, 3.8) is 0 Å². The number of nitrogens with zero attached hydrogens (tertiary/aromatic N) is 2. The number of H-pyrrole nitrogens is 2. The molecule has 0 aliphatic carbocycles. The smallest absolute Gasteiger partial charge is 0.330 e. The van der Waals surface area contributed by atoms with Crippen molar-refractivity contribution >= 4 is 27.1 Å². The van der Waals surface area contributed by atoms with Crippen molar-refractivity contribution in [2.24, 2.45) is 0 Å². The molecule has 3 rings (SSSR count). The molecule has 0 aliphatic heterocycles. The molecule has 0 saturated carbocycles. The Morgan fingerprint density at radius 1 is 1.19 bits per heavy atom. The number of fused-ring (bicyclic) bond motifs is 1. The van der Waals surface area contributed by atoms with Crippen LogP contribution in [0.25, 0.3) is 11.2 Å². The first-order chi connectivity index (χ1) is 10.1. The van der Waals surface area contributed by atoms with Gasteiger partial charge in [-0.15, -0.1) is 0 Å². The fourth-order valence-corrected chi connectivity index (χ4v) is 2.53. The molecule has 2 N–H and O–H groups in total. The third kappa shape index (κ3) is 2.56. The molecule has 1 aromatic carbocycles. The van der Waals surface area contributed by atoms with E-state index in [1.807, 2.05) is 31.2 Å². The van der Waals surface area contributed by atoms with E-state index in [0.29, 0.717) is 30.0 Å². The number of aromatic nitrogens is 4. The third-order valence-electron chi connectivity index (χ3n) is 3.28. The summed E-state index contributed by atoms with van der Waals surface area (Å²) in [6.07, 6.45) is 0.569. The second-order valence-electron chi connectivity index (χ2n) is 4.69. The predicted octanol–water partition coefficient (Wildman–Crippen LogP) is 1.79. The fraction of sp³-hybridized carbons (Fsp3) is 0.214. The Balaban J connectivity index is 2.09. The maximum absolute atomic E-state index is 11.8. The van der Waals surface area contributed by atoms with E-state index in [9.17, 15) is 9.59 Å². The summed E-state index contributed by atoms with van der Waals surface area (Å²) < 4.78 is 2.45. The monoisotopic (exact) mass is 348 g/mol. The number of aryl methyl sites for hydroxylation is 1. The summed E-state index contributed by atoms with van der Waals surface area (Å²) in [7, 11) is 0. The van der Waals surface area contributed by atoms with Gasteiger partial charge in [0.2, 0.25) is 0 Å². The van der Waals surface area contributed by atoms with Crippen LogP contribution in [0.4, 0.5) is 0 Å². The molecule has 0 bridgehead atoms. The molecule has 7 heteroatoms. The number of rotatable bonds is 3. The third-order valence-corrected chi connectivity index (χ3v) is 3.81. The van der Waals surface area contributed by atoms with Crippen LogP contribution in [0.15, 0.2) is 38.3 Å². The molecule has 0 aliphatic rings. The Hall–Kier alpha value is -2.15. The van der Waals surface area contributed by atoms with E-state index in [4.69, 9.17) is 0 Å². The van der Waals surface area contributed by atoms with Gasteiger partial charge in [-0.1, -0.05) is 28.1 Å². The van der Waals surface area contributed by atoms with E-state index in [-0.39, 0.29) is 0 Å². The first kappa shape index (κ1) is 13.8. The zero-order chi connectivity index (χ0) is 15.0. The van der Waals surface area contributed by atoms with Gasteiger partial charge in [-0.3, -0.25) is 14.3 Å². The highest BCUT2D eigenvalue weighted by molar-refractivity contribution is 9.10. The number of aromatic amines is 2. The maximum Gasteiger partial charge on any atom is 0.330 e. The van der Waals surface area contributed by atoms with Gasteiger partial charge >= 0.3 is 5.69 Å². The van der Waals surface area contributed by atoms with Crippen molar-refractivity contribution in [3.05, 3.63) is 61.0 Å². The van der Waals surface area contributed by atoms with Crippen LogP contribution in [0.3, 0.4) is 0 Å². The Bertz CT molecular complexity index is 905. The van der Waals surface area contributed by atoms with Crippen molar-refractivity contribution < 1.29 is 0 Å². The lowest BCUT2D eigenvalue weighted by atomic mass is 10.1. The fourth-order valence-electron chi connectivity index (χ4n) is 2.26. The largest absolute Gasteiger partial charge is 0.336 e. The summed E-state index contributed by atoms with van der Waals surface area (Å²) in [5.74, 6) is 0.658. The van der Waals surface area contributed by atoms with E-state index in [1.165, 1.54) is 4.57 Å². The highest BCUT2D eigenvalue weighted by Gasteiger charge is 2.12. The van der Waals surface area contributed by atoms with Crippen LogP contribution >= 0.6 is 15.9 Å². The van der Waals surface area contributed by atoms with Crippen molar-refractivity contribution in [1.29, 1.82) is 0 Å². The van der Waals surface area contributed by atoms with Gasteiger partial charge in [0.25, 0.3) is 5.56 Å². The standard InChI is InChI=1S/C14H13BrN4O2/c1-2-19-12-11(13(20)18-14(19)21)16-10(17-12)7-8-3-5-9(15)6-4-8/h3-6H,2,7H2,1H3,(H,16,17)(H,18,20,21). The maximum atomic E-state index is 11.8. The lowest BCUT2D eigenvalue weighted by Gasteiger charge is -2.00. The lowest BCUT2D eigenvalue weighted by Crippen LogP contribution is -2.29. The van der Waals surface area contributed by atoms with E-state index in [2.05, 4.69) is 30.9 Å². The number of halogens is 1. The summed E-state index contributed by atoms with van der Waals surface area (Å²) in [6.45, 7) is 2.29. The van der Waals surface area contributed by atoms with Crippen molar-refractivity contribution in [2.75, 3.05) is 0 Å². The molecule has 0 spiro atoms. The summed E-state index contributed by atoms with van der Waals surface area (Å²) in [5.41, 5.74) is 0.937. The number of hydrogen-bond donors (Lipinski definition) is 2. The van der Waals surface area contributed by atoms with Crippen LogP contribution in [0.2, 0.25) is 0 Å². The number of nitrogens with one attached hydrogen (secondary N) is 2. The summed E-state index contributed by atoms with van der Waals surface area (Å²) in [4.78, 5) is 33.3.